The molecular formula is C14H16F3N5O2. The maximum Gasteiger partial charge on any atom is 0.449 e. The minimum atomic E-state index is -4.67. The van der Waals surface area contributed by atoms with Crippen molar-refractivity contribution in [2.24, 2.45) is 5.84 Å². The molecular weight excluding hydrogens is 327 g/mol. The number of para-hydroxylation sites is 2. The van der Waals surface area contributed by atoms with Crippen LogP contribution in [0.3, 0.4) is 0 Å². The Labute approximate surface area is 135 Å². The highest BCUT2D eigenvalue weighted by Gasteiger charge is 2.37. The van der Waals surface area contributed by atoms with Gasteiger partial charge in [0.15, 0.2) is 0 Å². The predicted octanol–water partition coefficient (Wildman–Crippen LogP) is 0.941. The third-order valence-electron chi connectivity index (χ3n) is 3.27. The second kappa shape index (κ2) is 7.30. The Morgan fingerprint density at radius 1 is 1.21 bits per heavy atom. The number of hydrazine groups is 1. The summed E-state index contributed by atoms with van der Waals surface area (Å²) < 4.78 is 40.1. The average Bonchev–Trinajstić information content (AvgIpc) is 2.90. The molecule has 4 N–H and O–H groups in total. The summed E-state index contributed by atoms with van der Waals surface area (Å²) in [4.78, 5) is 26.4. The number of carbonyl (C=O) groups is 2. The summed E-state index contributed by atoms with van der Waals surface area (Å²) >= 11 is 0. The van der Waals surface area contributed by atoms with Crippen LogP contribution in [0.2, 0.25) is 0 Å². The molecule has 130 valence electrons. The van der Waals surface area contributed by atoms with Crippen LogP contribution in [0.15, 0.2) is 24.3 Å². The fourth-order valence-electron chi connectivity index (χ4n) is 2.20. The number of hydrogen-bond acceptors (Lipinski definition) is 4. The zero-order valence-electron chi connectivity index (χ0n) is 12.6. The standard InChI is InChI=1S/C14H16F3N5O2/c15-14(16,17)13-20-9-4-1-2-5-10(9)22(13)8-12(24)19-7-3-6-11(23)21-18/h1-2,4-5H,3,6-8,18H2,(H,19,24)(H,21,23). The Morgan fingerprint density at radius 3 is 2.58 bits per heavy atom. The topological polar surface area (TPSA) is 102 Å². The Bertz CT molecular complexity index is 742. The van der Waals surface area contributed by atoms with Crippen molar-refractivity contribution >= 4 is 22.8 Å². The molecule has 1 heterocycles. The lowest BCUT2D eigenvalue weighted by molar-refractivity contribution is -0.147. The van der Waals surface area contributed by atoms with Gasteiger partial charge in [-0.2, -0.15) is 13.2 Å². The van der Waals surface area contributed by atoms with Crippen LogP contribution in [0.5, 0.6) is 0 Å². The molecule has 0 aliphatic carbocycles. The zero-order chi connectivity index (χ0) is 17.7. The molecule has 1 aromatic carbocycles. The quantitative estimate of drug-likeness (QED) is 0.314. The molecule has 0 bridgehead atoms. The summed E-state index contributed by atoms with van der Waals surface area (Å²) in [5.74, 6) is 2.80. The van der Waals surface area contributed by atoms with Crippen molar-refractivity contribution in [2.75, 3.05) is 6.54 Å². The van der Waals surface area contributed by atoms with Gasteiger partial charge < -0.3 is 9.88 Å². The van der Waals surface area contributed by atoms with Gasteiger partial charge >= 0.3 is 6.18 Å². The third kappa shape index (κ3) is 4.22. The lowest BCUT2D eigenvalue weighted by Crippen LogP contribution is -2.32. The van der Waals surface area contributed by atoms with Gasteiger partial charge in [-0.25, -0.2) is 10.8 Å². The van der Waals surface area contributed by atoms with Crippen LogP contribution in [-0.4, -0.2) is 27.9 Å². The summed E-state index contributed by atoms with van der Waals surface area (Å²) in [5.41, 5.74) is 2.33. The normalized spacial score (nSPS) is 11.5. The maximum atomic E-state index is 13.1. The highest BCUT2D eigenvalue weighted by atomic mass is 19.4. The van der Waals surface area contributed by atoms with E-state index in [0.29, 0.717) is 6.42 Å². The van der Waals surface area contributed by atoms with Gasteiger partial charge in [-0.05, 0) is 18.6 Å². The van der Waals surface area contributed by atoms with Gasteiger partial charge in [0.05, 0.1) is 11.0 Å². The fraction of sp³-hybridized carbons (Fsp3) is 0.357. The van der Waals surface area contributed by atoms with Gasteiger partial charge in [0.2, 0.25) is 17.6 Å². The summed E-state index contributed by atoms with van der Waals surface area (Å²) in [5, 5.41) is 2.47. The van der Waals surface area contributed by atoms with E-state index in [1.165, 1.54) is 12.1 Å². The number of nitrogens with two attached hydrogens (primary N) is 1. The molecule has 0 aliphatic rings. The number of carbonyl (C=O) groups excluding carboxylic acids is 2. The summed E-state index contributed by atoms with van der Waals surface area (Å²) in [6.45, 7) is -0.362. The van der Waals surface area contributed by atoms with E-state index in [1.54, 1.807) is 12.1 Å². The number of benzene rings is 1. The van der Waals surface area contributed by atoms with Crippen LogP contribution in [0.1, 0.15) is 18.7 Å². The zero-order valence-corrected chi connectivity index (χ0v) is 12.6. The van der Waals surface area contributed by atoms with E-state index >= 15 is 0 Å². The van der Waals surface area contributed by atoms with Crippen molar-refractivity contribution in [3.05, 3.63) is 30.1 Å². The lowest BCUT2D eigenvalue weighted by atomic mass is 10.3. The number of nitrogens with one attached hydrogen (secondary N) is 2. The number of nitrogens with zero attached hydrogens (tertiary/aromatic N) is 2. The number of alkyl halides is 3. The van der Waals surface area contributed by atoms with Crippen molar-refractivity contribution in [2.45, 2.75) is 25.6 Å². The summed E-state index contributed by atoms with van der Waals surface area (Å²) in [7, 11) is 0. The van der Waals surface area contributed by atoms with Gasteiger partial charge in [-0.1, -0.05) is 12.1 Å². The Kier molecular flexibility index (Phi) is 5.39. The highest BCUT2D eigenvalue weighted by molar-refractivity contribution is 5.81. The second-order valence-corrected chi connectivity index (χ2v) is 5.03. The van der Waals surface area contributed by atoms with Crippen LogP contribution in [0.25, 0.3) is 11.0 Å². The van der Waals surface area contributed by atoms with E-state index in [9.17, 15) is 22.8 Å². The van der Waals surface area contributed by atoms with E-state index in [-0.39, 0.29) is 29.9 Å². The van der Waals surface area contributed by atoms with E-state index < -0.39 is 24.5 Å². The van der Waals surface area contributed by atoms with Gasteiger partial charge in [-0.15, -0.1) is 0 Å². The first-order valence-corrected chi connectivity index (χ1v) is 7.11. The van der Waals surface area contributed by atoms with E-state index in [0.717, 1.165) is 4.57 Å². The van der Waals surface area contributed by atoms with Gasteiger partial charge in [0, 0.05) is 13.0 Å². The molecule has 0 fully saturated rings. The first-order chi connectivity index (χ1) is 11.3. The minimum Gasteiger partial charge on any atom is -0.355 e. The number of halogens is 3. The number of amides is 2. The molecule has 24 heavy (non-hydrogen) atoms. The van der Waals surface area contributed by atoms with Crippen LogP contribution in [0.4, 0.5) is 13.2 Å². The summed E-state index contributed by atoms with van der Waals surface area (Å²) in [6.07, 6.45) is -4.23. The molecule has 10 heteroatoms. The van der Waals surface area contributed by atoms with Crippen LogP contribution < -0.4 is 16.6 Å². The lowest BCUT2D eigenvalue weighted by Gasteiger charge is -2.11. The van der Waals surface area contributed by atoms with Crippen LogP contribution >= 0.6 is 0 Å². The van der Waals surface area contributed by atoms with E-state index in [4.69, 9.17) is 5.84 Å². The largest absolute Gasteiger partial charge is 0.449 e. The molecule has 2 rings (SSSR count). The SMILES string of the molecule is NNC(=O)CCCNC(=O)Cn1c(C(F)(F)F)nc2ccccc21. The van der Waals surface area contributed by atoms with Gasteiger partial charge in [0.1, 0.15) is 6.54 Å². The van der Waals surface area contributed by atoms with Gasteiger partial charge in [0.25, 0.3) is 0 Å². The number of fused-ring (bicyclic) bond motifs is 1. The van der Waals surface area contributed by atoms with E-state index in [2.05, 4.69) is 10.3 Å². The second-order valence-electron chi connectivity index (χ2n) is 5.03. The molecule has 2 amide bonds. The first kappa shape index (κ1) is 17.7. The maximum absolute atomic E-state index is 13.1. The molecule has 0 atom stereocenters. The Balaban J connectivity index is 2.08. The Morgan fingerprint density at radius 2 is 1.92 bits per heavy atom. The first-order valence-electron chi connectivity index (χ1n) is 7.11. The fourth-order valence-corrected chi connectivity index (χ4v) is 2.20. The monoisotopic (exact) mass is 343 g/mol. The molecule has 1 aromatic heterocycles. The highest BCUT2D eigenvalue weighted by Crippen LogP contribution is 2.31. The van der Waals surface area contributed by atoms with Crippen molar-refractivity contribution < 1.29 is 22.8 Å². The van der Waals surface area contributed by atoms with Crippen LogP contribution in [0, 0.1) is 0 Å². The predicted molar refractivity (Wildman–Crippen MR) is 79.3 cm³/mol. The number of rotatable bonds is 6. The number of aromatic nitrogens is 2. The van der Waals surface area contributed by atoms with Crippen molar-refractivity contribution in [3.63, 3.8) is 0 Å². The van der Waals surface area contributed by atoms with Crippen molar-refractivity contribution in [1.29, 1.82) is 0 Å². The molecule has 0 saturated heterocycles. The average molecular weight is 343 g/mol. The molecule has 0 unspecified atom stereocenters. The number of imidazole rings is 1. The molecule has 7 nitrogen and oxygen atoms in total. The van der Waals surface area contributed by atoms with Gasteiger partial charge in [-0.3, -0.25) is 15.0 Å². The number of hydrogen-bond donors (Lipinski definition) is 3. The molecule has 2 aromatic rings. The van der Waals surface area contributed by atoms with E-state index in [1.807, 2.05) is 5.43 Å². The molecule has 0 saturated carbocycles. The smallest absolute Gasteiger partial charge is 0.355 e. The molecule has 0 spiro atoms. The van der Waals surface area contributed by atoms with Crippen molar-refractivity contribution in [3.8, 4) is 0 Å². The molecule has 0 aliphatic heterocycles. The Hall–Kier alpha value is -2.62. The van der Waals surface area contributed by atoms with Crippen LogP contribution in [-0.2, 0) is 22.3 Å². The van der Waals surface area contributed by atoms with Crippen molar-refractivity contribution in [1.82, 2.24) is 20.3 Å². The summed E-state index contributed by atoms with van der Waals surface area (Å²) in [6, 6.07) is 6.06. The molecule has 0 radical (unpaired) electrons. The minimum absolute atomic E-state index is 0.110. The third-order valence-corrected chi connectivity index (χ3v) is 3.27.